The largest absolute Gasteiger partial charge is 0.310 e. The summed E-state index contributed by atoms with van der Waals surface area (Å²) in [5, 5.41) is 5.12. The standard InChI is InChI=1S/C56H46N2/c1-55(2)48-21-11-9-19-42(48)43-29-25-37(32-49(43)55)57(52-23-13-16-35-14-5-7-17-40(35)52)38-26-30-44-45-31-27-39(34-51(45)56(3,4)50(44)33-38)58-53-22-12-10-20-46(53)47-28-24-36-15-6-8-18-41(36)54(47)58/h5-15,17-35,42,48H,16H2,1-4H3. The van der Waals surface area contributed by atoms with E-state index in [2.05, 4.69) is 213 Å². The van der Waals surface area contributed by atoms with Crippen molar-refractivity contribution >= 4 is 44.0 Å². The number of allylic oxidation sites excluding steroid dienone is 11. The highest BCUT2D eigenvalue weighted by molar-refractivity contribution is 6.18. The summed E-state index contributed by atoms with van der Waals surface area (Å²) in [5.41, 5.74) is 16.9. The molecule has 3 atom stereocenters. The maximum absolute atomic E-state index is 2.56. The summed E-state index contributed by atoms with van der Waals surface area (Å²) in [6, 6.07) is 44.0. The summed E-state index contributed by atoms with van der Waals surface area (Å²) in [5.74, 6) is 1.27. The zero-order valence-electron chi connectivity index (χ0n) is 33.6. The molecule has 0 spiro atoms. The van der Waals surface area contributed by atoms with Gasteiger partial charge in [-0.2, -0.15) is 0 Å². The van der Waals surface area contributed by atoms with E-state index in [4.69, 9.17) is 0 Å². The highest BCUT2D eigenvalue weighted by Gasteiger charge is 2.45. The Bertz CT molecular complexity index is 3110. The first-order chi connectivity index (χ1) is 28.3. The average molecular weight is 747 g/mol. The number of rotatable bonds is 4. The van der Waals surface area contributed by atoms with Crippen molar-refractivity contribution in [1.82, 2.24) is 4.57 Å². The Labute approximate surface area is 341 Å². The van der Waals surface area contributed by atoms with Crippen LogP contribution in [0.2, 0.25) is 0 Å². The topological polar surface area (TPSA) is 8.17 Å². The van der Waals surface area contributed by atoms with Gasteiger partial charge >= 0.3 is 0 Å². The molecule has 1 heterocycles. The quantitative estimate of drug-likeness (QED) is 0.174. The fraction of sp³-hybridized carbons (Fsp3) is 0.179. The molecule has 280 valence electrons. The molecule has 7 aromatic rings. The molecular weight excluding hydrogens is 701 g/mol. The van der Waals surface area contributed by atoms with Crippen LogP contribution in [0.3, 0.4) is 0 Å². The van der Waals surface area contributed by atoms with Crippen LogP contribution in [0.5, 0.6) is 0 Å². The summed E-state index contributed by atoms with van der Waals surface area (Å²) in [6.45, 7) is 9.72. The van der Waals surface area contributed by atoms with Crippen molar-refractivity contribution < 1.29 is 0 Å². The van der Waals surface area contributed by atoms with Crippen LogP contribution in [-0.4, -0.2) is 4.57 Å². The van der Waals surface area contributed by atoms with E-state index in [0.29, 0.717) is 17.8 Å². The van der Waals surface area contributed by atoms with Crippen LogP contribution in [0.15, 0.2) is 187 Å². The molecule has 0 amide bonds. The number of para-hydroxylation sites is 1. The summed E-state index contributed by atoms with van der Waals surface area (Å²) in [4.78, 5) is 2.56. The van der Waals surface area contributed by atoms with Gasteiger partial charge in [-0.25, -0.2) is 0 Å². The normalized spacial score (nSPS) is 21.4. The van der Waals surface area contributed by atoms with Crippen LogP contribution in [0.1, 0.15) is 62.3 Å². The summed E-state index contributed by atoms with van der Waals surface area (Å²) < 4.78 is 2.50. The summed E-state index contributed by atoms with van der Waals surface area (Å²) in [7, 11) is 0. The molecule has 2 heteroatoms. The van der Waals surface area contributed by atoms with E-state index in [1.165, 1.54) is 94.3 Å². The zero-order valence-corrected chi connectivity index (χ0v) is 33.6. The highest BCUT2D eigenvalue weighted by atomic mass is 15.2. The Hall–Kier alpha value is -6.38. The predicted octanol–water partition coefficient (Wildman–Crippen LogP) is 14.5. The lowest BCUT2D eigenvalue weighted by Crippen LogP contribution is -2.25. The van der Waals surface area contributed by atoms with E-state index in [9.17, 15) is 0 Å². The molecule has 6 aromatic carbocycles. The van der Waals surface area contributed by atoms with Crippen molar-refractivity contribution in [3.05, 3.63) is 210 Å². The number of hydrogen-bond donors (Lipinski definition) is 0. The Balaban J connectivity index is 1.02. The lowest BCUT2D eigenvalue weighted by atomic mass is 9.74. The third-order valence-corrected chi connectivity index (χ3v) is 14.4. The molecular formula is C56H46N2. The van der Waals surface area contributed by atoms with Crippen molar-refractivity contribution in [3.63, 3.8) is 0 Å². The first-order valence-corrected chi connectivity index (χ1v) is 21.0. The lowest BCUT2D eigenvalue weighted by Gasteiger charge is -2.34. The van der Waals surface area contributed by atoms with Gasteiger partial charge in [0.05, 0.1) is 11.0 Å². The fourth-order valence-corrected chi connectivity index (χ4v) is 11.4. The minimum absolute atomic E-state index is 0.0289. The molecule has 0 aliphatic heterocycles. The van der Waals surface area contributed by atoms with Crippen LogP contribution in [0.4, 0.5) is 11.4 Å². The Kier molecular flexibility index (Phi) is 7.02. The molecule has 5 aliphatic carbocycles. The minimum Gasteiger partial charge on any atom is -0.310 e. The second-order valence-electron chi connectivity index (χ2n) is 18.1. The molecule has 0 saturated carbocycles. The molecule has 0 saturated heterocycles. The van der Waals surface area contributed by atoms with Crippen molar-refractivity contribution in [2.45, 2.75) is 50.9 Å². The average Bonchev–Trinajstić information content (AvgIpc) is 3.81. The van der Waals surface area contributed by atoms with E-state index in [-0.39, 0.29) is 10.8 Å². The van der Waals surface area contributed by atoms with Crippen molar-refractivity contribution in [1.29, 1.82) is 0 Å². The highest BCUT2D eigenvalue weighted by Crippen LogP contribution is 2.55. The van der Waals surface area contributed by atoms with Crippen LogP contribution >= 0.6 is 0 Å². The molecule has 0 fully saturated rings. The van der Waals surface area contributed by atoms with Crippen molar-refractivity contribution in [2.75, 3.05) is 4.90 Å². The molecule has 0 bridgehead atoms. The van der Waals surface area contributed by atoms with Gasteiger partial charge in [0.15, 0.2) is 0 Å². The number of benzene rings is 6. The number of aromatic nitrogens is 1. The third kappa shape index (κ3) is 4.60. The van der Waals surface area contributed by atoms with Gasteiger partial charge in [0, 0.05) is 56.2 Å². The van der Waals surface area contributed by atoms with E-state index in [1.54, 1.807) is 0 Å². The van der Waals surface area contributed by atoms with E-state index < -0.39 is 0 Å². The van der Waals surface area contributed by atoms with Gasteiger partial charge in [0.25, 0.3) is 0 Å². The number of anilines is 2. The molecule has 0 radical (unpaired) electrons. The first-order valence-electron chi connectivity index (χ1n) is 21.0. The van der Waals surface area contributed by atoms with Crippen molar-refractivity contribution in [3.8, 4) is 16.8 Å². The lowest BCUT2D eigenvalue weighted by molar-refractivity contribution is 0.394. The maximum Gasteiger partial charge on any atom is 0.0619 e. The van der Waals surface area contributed by atoms with Crippen LogP contribution in [-0.2, 0) is 10.8 Å². The Morgan fingerprint density at radius 2 is 1.33 bits per heavy atom. The van der Waals surface area contributed by atoms with Crippen LogP contribution in [0.25, 0.3) is 49.4 Å². The molecule has 58 heavy (non-hydrogen) atoms. The van der Waals surface area contributed by atoms with Gasteiger partial charge in [-0.1, -0.05) is 155 Å². The molecule has 12 rings (SSSR count). The number of fused-ring (bicyclic) bond motifs is 12. The van der Waals surface area contributed by atoms with Gasteiger partial charge in [0.1, 0.15) is 0 Å². The molecule has 2 nitrogen and oxygen atoms in total. The second-order valence-corrected chi connectivity index (χ2v) is 18.1. The fourth-order valence-electron chi connectivity index (χ4n) is 11.4. The van der Waals surface area contributed by atoms with E-state index >= 15 is 0 Å². The minimum atomic E-state index is -0.215. The Morgan fingerprint density at radius 1 is 0.603 bits per heavy atom. The van der Waals surface area contributed by atoms with Gasteiger partial charge < -0.3 is 9.47 Å². The smallest absolute Gasteiger partial charge is 0.0619 e. The maximum atomic E-state index is 2.56. The van der Waals surface area contributed by atoms with Crippen LogP contribution < -0.4 is 4.90 Å². The third-order valence-electron chi connectivity index (χ3n) is 14.4. The molecule has 5 aliphatic rings. The van der Waals surface area contributed by atoms with Gasteiger partial charge in [-0.3, -0.25) is 0 Å². The number of nitrogens with zero attached hydrogens (tertiary/aromatic N) is 2. The molecule has 0 N–H and O–H groups in total. The molecule has 3 unspecified atom stereocenters. The van der Waals surface area contributed by atoms with Gasteiger partial charge in [0.2, 0.25) is 0 Å². The van der Waals surface area contributed by atoms with Crippen molar-refractivity contribution in [2.24, 2.45) is 11.8 Å². The molecule has 1 aromatic heterocycles. The SMILES string of the molecule is CC1(C)c2cc(N(C3=C4C=CC=CC4CC=C3)c3ccc4c(c3)C(C)(C)C3C=CC=CC43)ccc2-c2ccc(-n3c4ccccc4c4ccc5ccccc5c43)cc21. The Morgan fingerprint density at radius 3 is 2.21 bits per heavy atom. The van der Waals surface area contributed by atoms with Gasteiger partial charge in [-0.15, -0.1) is 0 Å². The number of hydrogen-bond acceptors (Lipinski definition) is 1. The van der Waals surface area contributed by atoms with Crippen LogP contribution in [0, 0.1) is 11.8 Å². The van der Waals surface area contributed by atoms with Gasteiger partial charge in [-0.05, 0) is 111 Å². The van der Waals surface area contributed by atoms with E-state index in [0.717, 1.165) is 6.42 Å². The zero-order chi connectivity index (χ0) is 38.9. The summed E-state index contributed by atoms with van der Waals surface area (Å²) >= 11 is 0. The first kappa shape index (κ1) is 33.7. The van der Waals surface area contributed by atoms with E-state index in [1.807, 2.05) is 0 Å². The predicted molar refractivity (Wildman–Crippen MR) is 245 cm³/mol. The second kappa shape index (κ2) is 12.1. The summed E-state index contributed by atoms with van der Waals surface area (Å²) in [6.07, 6.45) is 24.2. The monoisotopic (exact) mass is 746 g/mol.